The van der Waals surface area contributed by atoms with Gasteiger partial charge in [-0.05, 0) is 135 Å². The van der Waals surface area contributed by atoms with Gasteiger partial charge in [-0.2, -0.15) is 0 Å². The quantitative estimate of drug-likeness (QED) is 0.163. The molecule has 0 aliphatic heterocycles. The molecule has 1 nitrogen and oxygen atoms in total. The predicted octanol–water partition coefficient (Wildman–Crippen LogP) is 14.4. The maximum absolute atomic E-state index is 6.68. The molecule has 60 heavy (non-hydrogen) atoms. The predicted molar refractivity (Wildman–Crippen MR) is 253 cm³/mol. The molecule has 0 radical (unpaired) electrons. The Balaban J connectivity index is 1.05. The number of hydrogen-bond donors (Lipinski definition) is 0. The SMILES string of the molecule is CC1(C)c2ccc(C3=c4ccccc4=C(c4c5ccccc5c(-c5cccc6ccccc56)c5ccccc45)CC3)cc2-c2ccc3ccc4c5ccccc5oc4c3c21. The molecule has 0 unspecified atom stereocenters. The van der Waals surface area contributed by atoms with Crippen LogP contribution >= 0.6 is 0 Å². The second kappa shape index (κ2) is 12.4. The lowest BCUT2D eigenvalue weighted by Crippen LogP contribution is -2.32. The molecule has 13 rings (SSSR count). The van der Waals surface area contributed by atoms with Gasteiger partial charge in [0.2, 0.25) is 0 Å². The van der Waals surface area contributed by atoms with Gasteiger partial charge in [0.05, 0.1) is 0 Å². The van der Waals surface area contributed by atoms with Crippen LogP contribution in [0.25, 0.3) is 98.4 Å². The van der Waals surface area contributed by atoms with Gasteiger partial charge >= 0.3 is 0 Å². The average molecular weight is 765 g/mol. The Morgan fingerprint density at radius 3 is 1.78 bits per heavy atom. The second-order valence-electron chi connectivity index (χ2n) is 17.4. The normalized spacial score (nSPS) is 14.4. The Bertz CT molecular complexity index is 3740. The molecule has 0 amide bonds. The fourth-order valence-electron chi connectivity index (χ4n) is 11.4. The van der Waals surface area contributed by atoms with Gasteiger partial charge in [-0.1, -0.05) is 178 Å². The Kier molecular flexibility index (Phi) is 6.97. The van der Waals surface area contributed by atoms with Gasteiger partial charge in [0.25, 0.3) is 0 Å². The highest BCUT2D eigenvalue weighted by molar-refractivity contribution is 6.22. The summed E-state index contributed by atoms with van der Waals surface area (Å²) < 4.78 is 6.68. The van der Waals surface area contributed by atoms with Gasteiger partial charge in [-0.25, -0.2) is 0 Å². The summed E-state index contributed by atoms with van der Waals surface area (Å²) in [4.78, 5) is 0. The molecule has 2 aliphatic rings. The van der Waals surface area contributed by atoms with Crippen molar-refractivity contribution in [3.8, 4) is 22.3 Å². The minimum atomic E-state index is -0.188. The van der Waals surface area contributed by atoms with Crippen molar-refractivity contribution in [2.45, 2.75) is 32.1 Å². The van der Waals surface area contributed by atoms with Crippen molar-refractivity contribution in [3.63, 3.8) is 0 Å². The average Bonchev–Trinajstić information content (AvgIpc) is 3.79. The van der Waals surface area contributed by atoms with E-state index in [-0.39, 0.29) is 5.41 Å². The van der Waals surface area contributed by atoms with E-state index in [1.54, 1.807) is 0 Å². The summed E-state index contributed by atoms with van der Waals surface area (Å²) in [6, 6.07) is 67.8. The van der Waals surface area contributed by atoms with E-state index < -0.39 is 0 Å². The molecule has 282 valence electrons. The molecule has 11 aromatic rings. The number of furan rings is 1. The molecular weight excluding hydrogens is 725 g/mol. The van der Waals surface area contributed by atoms with Crippen molar-refractivity contribution in [3.05, 3.63) is 215 Å². The summed E-state index contributed by atoms with van der Waals surface area (Å²) in [6.07, 6.45) is 1.92. The lowest BCUT2D eigenvalue weighted by atomic mass is 9.79. The van der Waals surface area contributed by atoms with Crippen molar-refractivity contribution >= 4 is 76.2 Å². The number of benzene rings is 10. The topological polar surface area (TPSA) is 13.1 Å². The first-order valence-corrected chi connectivity index (χ1v) is 21.3. The zero-order valence-corrected chi connectivity index (χ0v) is 33.6. The largest absolute Gasteiger partial charge is 0.455 e. The van der Waals surface area contributed by atoms with Crippen LogP contribution in [0.5, 0.6) is 0 Å². The van der Waals surface area contributed by atoms with E-state index in [1.165, 1.54) is 120 Å². The lowest BCUT2D eigenvalue weighted by Gasteiger charge is -2.24. The summed E-state index contributed by atoms with van der Waals surface area (Å²) in [7, 11) is 0. The Labute approximate surface area is 348 Å². The van der Waals surface area contributed by atoms with Crippen LogP contribution in [0, 0.1) is 0 Å². The first-order chi connectivity index (χ1) is 29.5. The van der Waals surface area contributed by atoms with E-state index in [4.69, 9.17) is 4.42 Å². The first-order valence-electron chi connectivity index (χ1n) is 21.3. The number of fused-ring (bicyclic) bond motifs is 13. The highest BCUT2D eigenvalue weighted by atomic mass is 16.3. The van der Waals surface area contributed by atoms with Crippen molar-refractivity contribution < 1.29 is 4.42 Å². The molecule has 10 aromatic carbocycles. The van der Waals surface area contributed by atoms with Gasteiger partial charge in [0.15, 0.2) is 0 Å². The zero-order valence-electron chi connectivity index (χ0n) is 33.6. The maximum Gasteiger partial charge on any atom is 0.143 e. The molecule has 0 N–H and O–H groups in total. The minimum absolute atomic E-state index is 0.188. The van der Waals surface area contributed by atoms with Crippen LogP contribution in [-0.2, 0) is 5.41 Å². The van der Waals surface area contributed by atoms with Crippen molar-refractivity contribution in [1.29, 1.82) is 0 Å². The van der Waals surface area contributed by atoms with Crippen LogP contribution in [0.3, 0.4) is 0 Å². The third-order valence-corrected chi connectivity index (χ3v) is 14.0. The van der Waals surface area contributed by atoms with Crippen LogP contribution in [0.1, 0.15) is 48.9 Å². The summed E-state index contributed by atoms with van der Waals surface area (Å²) in [5, 5.41) is 15.3. The van der Waals surface area contributed by atoms with E-state index in [1.807, 2.05) is 0 Å². The van der Waals surface area contributed by atoms with Gasteiger partial charge in [0.1, 0.15) is 11.2 Å². The van der Waals surface area contributed by atoms with Gasteiger partial charge in [-0.15, -0.1) is 0 Å². The van der Waals surface area contributed by atoms with Crippen LogP contribution < -0.4 is 10.4 Å². The summed E-state index contributed by atoms with van der Waals surface area (Å²) >= 11 is 0. The first kappa shape index (κ1) is 33.7. The standard InChI is InChI=1S/C59H40O/c1-59(2)52-33-28-37(34-51(52)49-29-26-36-27-30-50-42-19-11-12-25-53(42)60-58(50)54(36)57(49)59)39-31-32-48(41-18-6-5-17-40(39)41)56-46-22-9-7-20-44(46)55(45-21-8-10-23-47(45)56)43-24-13-15-35-14-3-4-16-38(35)43/h3-30,33-34H,31-32H2,1-2H3. The van der Waals surface area contributed by atoms with E-state index in [2.05, 4.69) is 196 Å². The molecule has 0 atom stereocenters. The van der Waals surface area contributed by atoms with Crippen molar-refractivity contribution in [1.82, 2.24) is 0 Å². The third kappa shape index (κ3) is 4.58. The van der Waals surface area contributed by atoms with E-state index in [0.717, 1.165) is 24.0 Å². The molecule has 1 heteroatoms. The van der Waals surface area contributed by atoms with E-state index in [0.29, 0.717) is 0 Å². The lowest BCUT2D eigenvalue weighted by molar-refractivity contribution is 0.656. The fraction of sp³-hybridized carbons (Fsp3) is 0.0847. The summed E-state index contributed by atoms with van der Waals surface area (Å²) in [5.74, 6) is 0. The summed E-state index contributed by atoms with van der Waals surface area (Å²) in [5.41, 5.74) is 15.3. The molecular formula is C59H40O. The smallest absolute Gasteiger partial charge is 0.143 e. The van der Waals surface area contributed by atoms with Gasteiger partial charge < -0.3 is 4.42 Å². The molecule has 0 bridgehead atoms. The van der Waals surface area contributed by atoms with Crippen LogP contribution in [0.2, 0.25) is 0 Å². The molecule has 1 heterocycles. The number of rotatable bonds is 3. The molecule has 0 saturated carbocycles. The molecule has 2 aliphatic carbocycles. The van der Waals surface area contributed by atoms with Crippen LogP contribution in [0.15, 0.2) is 186 Å². The Morgan fingerprint density at radius 1 is 0.417 bits per heavy atom. The summed E-state index contributed by atoms with van der Waals surface area (Å²) in [6.45, 7) is 4.78. The Morgan fingerprint density at radius 2 is 1.02 bits per heavy atom. The highest BCUT2D eigenvalue weighted by Crippen LogP contribution is 2.54. The third-order valence-electron chi connectivity index (χ3n) is 14.0. The highest BCUT2D eigenvalue weighted by Gasteiger charge is 2.38. The molecule has 0 spiro atoms. The zero-order chi connectivity index (χ0) is 39.7. The molecule has 1 aromatic heterocycles. The molecule has 0 fully saturated rings. The monoisotopic (exact) mass is 764 g/mol. The van der Waals surface area contributed by atoms with Gasteiger partial charge in [0, 0.05) is 21.6 Å². The van der Waals surface area contributed by atoms with Crippen molar-refractivity contribution in [2.75, 3.05) is 0 Å². The maximum atomic E-state index is 6.68. The van der Waals surface area contributed by atoms with E-state index >= 15 is 0 Å². The van der Waals surface area contributed by atoms with Crippen LogP contribution in [0.4, 0.5) is 0 Å². The fourth-order valence-corrected chi connectivity index (χ4v) is 11.4. The van der Waals surface area contributed by atoms with Crippen LogP contribution in [-0.4, -0.2) is 0 Å². The Hall–Kier alpha value is -7.22. The second-order valence-corrected chi connectivity index (χ2v) is 17.4. The van der Waals surface area contributed by atoms with Crippen molar-refractivity contribution in [2.24, 2.45) is 0 Å². The number of hydrogen-bond acceptors (Lipinski definition) is 1. The molecule has 0 saturated heterocycles. The minimum Gasteiger partial charge on any atom is -0.455 e. The van der Waals surface area contributed by atoms with E-state index in [9.17, 15) is 0 Å². The number of para-hydroxylation sites is 1. The van der Waals surface area contributed by atoms with Gasteiger partial charge in [-0.3, -0.25) is 0 Å².